The predicted molar refractivity (Wildman–Crippen MR) is 62.5 cm³/mol. The summed E-state index contributed by atoms with van der Waals surface area (Å²) in [5, 5.41) is 17.9. The van der Waals surface area contributed by atoms with E-state index in [1.54, 1.807) is 13.8 Å². The van der Waals surface area contributed by atoms with Crippen molar-refractivity contribution in [2.45, 2.75) is 19.9 Å². The number of aromatic nitrogens is 1. The summed E-state index contributed by atoms with van der Waals surface area (Å²) in [6.45, 7) is 2.85. The summed E-state index contributed by atoms with van der Waals surface area (Å²) in [7, 11) is 0. The summed E-state index contributed by atoms with van der Waals surface area (Å²) in [5.74, 6) is -2.20. The number of aliphatic carboxylic acids is 1. The molecule has 0 aliphatic rings. The normalized spacial score (nSPS) is 10.4. The highest BCUT2D eigenvalue weighted by molar-refractivity contribution is 5.96. The van der Waals surface area contributed by atoms with E-state index in [0.29, 0.717) is 0 Å². The molecule has 1 rings (SSSR count). The zero-order valence-corrected chi connectivity index (χ0v) is 10.0. The molecule has 0 aliphatic carbocycles. The number of pyridine rings is 1. The minimum absolute atomic E-state index is 0.0498. The number of carbonyl (C=O) groups excluding carboxylic acids is 1. The average Bonchev–Trinajstić information content (AvgIpc) is 2.23. The summed E-state index contributed by atoms with van der Waals surface area (Å²) >= 11 is 0. The van der Waals surface area contributed by atoms with E-state index >= 15 is 0 Å². The van der Waals surface area contributed by atoms with Crippen LogP contribution in [-0.2, 0) is 4.79 Å². The van der Waals surface area contributed by atoms with E-state index in [1.165, 1.54) is 0 Å². The van der Waals surface area contributed by atoms with Gasteiger partial charge in [-0.2, -0.15) is 0 Å². The number of carboxylic acids is 1. The molecule has 1 aromatic heterocycles. The van der Waals surface area contributed by atoms with Crippen LogP contribution in [0, 0.1) is 0 Å². The molecule has 0 atom stereocenters. The van der Waals surface area contributed by atoms with Crippen LogP contribution in [0.1, 0.15) is 24.2 Å². The van der Waals surface area contributed by atoms with E-state index in [0.717, 1.165) is 17.0 Å². The van der Waals surface area contributed by atoms with E-state index in [9.17, 15) is 19.5 Å². The predicted octanol–water partition coefficient (Wildman–Crippen LogP) is 0.0157. The van der Waals surface area contributed by atoms with E-state index in [2.05, 4.69) is 4.98 Å². The average molecular weight is 254 g/mol. The van der Waals surface area contributed by atoms with Crippen molar-refractivity contribution in [3.05, 3.63) is 28.0 Å². The Hall–Kier alpha value is -2.31. The second kappa shape index (κ2) is 5.35. The lowest BCUT2D eigenvalue weighted by Crippen LogP contribution is -2.41. The number of nitrogens with zero attached hydrogens (tertiary/aromatic N) is 1. The fourth-order valence-corrected chi connectivity index (χ4v) is 1.45. The molecule has 98 valence electrons. The van der Waals surface area contributed by atoms with Crippen LogP contribution in [-0.4, -0.2) is 44.6 Å². The van der Waals surface area contributed by atoms with E-state index in [1.807, 2.05) is 0 Å². The third-order valence-corrected chi connectivity index (χ3v) is 2.27. The lowest BCUT2D eigenvalue weighted by Gasteiger charge is -2.24. The minimum atomic E-state index is -1.15. The van der Waals surface area contributed by atoms with Crippen molar-refractivity contribution >= 4 is 11.9 Å². The van der Waals surface area contributed by atoms with Crippen LogP contribution < -0.4 is 5.56 Å². The van der Waals surface area contributed by atoms with Crippen LogP contribution in [0.5, 0.6) is 5.88 Å². The van der Waals surface area contributed by atoms with Crippen LogP contribution in [0.4, 0.5) is 0 Å². The van der Waals surface area contributed by atoms with Crippen LogP contribution in [0.2, 0.25) is 0 Å². The van der Waals surface area contributed by atoms with Crippen molar-refractivity contribution in [3.8, 4) is 5.88 Å². The molecule has 0 bridgehead atoms. The number of rotatable bonds is 4. The van der Waals surface area contributed by atoms with Gasteiger partial charge in [0.1, 0.15) is 6.54 Å². The third-order valence-electron chi connectivity index (χ3n) is 2.27. The summed E-state index contributed by atoms with van der Waals surface area (Å²) < 4.78 is 0. The number of aromatic hydroxyl groups is 1. The molecule has 0 fully saturated rings. The molecular formula is C11H14N2O5. The maximum atomic E-state index is 12.0. The lowest BCUT2D eigenvalue weighted by molar-refractivity contribution is -0.138. The first-order valence-electron chi connectivity index (χ1n) is 5.27. The molecule has 0 aromatic carbocycles. The van der Waals surface area contributed by atoms with E-state index in [4.69, 9.17) is 5.11 Å². The number of hydrogen-bond donors (Lipinski definition) is 3. The monoisotopic (exact) mass is 254 g/mol. The molecule has 0 aliphatic heterocycles. The topological polar surface area (TPSA) is 111 Å². The Balaban J connectivity index is 3.09. The maximum Gasteiger partial charge on any atom is 0.323 e. The van der Waals surface area contributed by atoms with Gasteiger partial charge in [-0.1, -0.05) is 0 Å². The Labute approximate surface area is 103 Å². The van der Waals surface area contributed by atoms with E-state index in [-0.39, 0.29) is 11.6 Å². The maximum absolute atomic E-state index is 12.0. The van der Waals surface area contributed by atoms with Gasteiger partial charge in [0, 0.05) is 18.2 Å². The molecule has 0 saturated carbocycles. The summed E-state index contributed by atoms with van der Waals surface area (Å²) in [5.41, 5.74) is -0.677. The second-order valence-corrected chi connectivity index (χ2v) is 4.04. The Morgan fingerprint density at radius 1 is 1.39 bits per heavy atom. The van der Waals surface area contributed by atoms with Gasteiger partial charge in [0.05, 0.1) is 5.56 Å². The number of H-pyrrole nitrogens is 1. The lowest BCUT2D eigenvalue weighted by atomic mass is 10.2. The van der Waals surface area contributed by atoms with Crippen molar-refractivity contribution in [2.24, 2.45) is 0 Å². The first kappa shape index (κ1) is 13.8. The molecular weight excluding hydrogens is 240 g/mol. The SMILES string of the molecule is CC(C)N(CC(=O)O)C(=O)c1cc(O)[nH]c(=O)c1. The van der Waals surface area contributed by atoms with Crippen LogP contribution in [0.15, 0.2) is 16.9 Å². The van der Waals surface area contributed by atoms with Gasteiger partial charge < -0.3 is 15.1 Å². The molecule has 1 amide bonds. The van der Waals surface area contributed by atoms with Crippen LogP contribution >= 0.6 is 0 Å². The third kappa shape index (κ3) is 3.34. The standard InChI is InChI=1S/C11H14N2O5/c1-6(2)13(5-10(16)17)11(18)7-3-8(14)12-9(15)4-7/h3-4,6H,5H2,1-2H3,(H,16,17)(H2,12,14,15). The van der Waals surface area contributed by atoms with E-state index < -0.39 is 29.9 Å². The van der Waals surface area contributed by atoms with Gasteiger partial charge in [-0.15, -0.1) is 0 Å². The molecule has 0 spiro atoms. The zero-order chi connectivity index (χ0) is 13.9. The summed E-state index contributed by atoms with van der Waals surface area (Å²) in [4.78, 5) is 37.0. The number of nitrogens with one attached hydrogen (secondary N) is 1. The molecule has 3 N–H and O–H groups in total. The second-order valence-electron chi connectivity index (χ2n) is 4.04. The molecule has 7 nitrogen and oxygen atoms in total. The molecule has 7 heteroatoms. The first-order chi connectivity index (χ1) is 8.31. The van der Waals surface area contributed by atoms with Gasteiger partial charge in [-0.05, 0) is 13.8 Å². The fraction of sp³-hybridized carbons (Fsp3) is 0.364. The van der Waals surface area contributed by atoms with Crippen molar-refractivity contribution in [3.63, 3.8) is 0 Å². The number of carbonyl (C=O) groups is 2. The number of aromatic amines is 1. The minimum Gasteiger partial charge on any atom is -0.494 e. The fourth-order valence-electron chi connectivity index (χ4n) is 1.45. The molecule has 0 unspecified atom stereocenters. The molecule has 0 saturated heterocycles. The first-order valence-corrected chi connectivity index (χ1v) is 5.27. The Kier molecular flexibility index (Phi) is 4.09. The van der Waals surface area contributed by atoms with Crippen molar-refractivity contribution in [2.75, 3.05) is 6.54 Å². The molecule has 18 heavy (non-hydrogen) atoms. The summed E-state index contributed by atoms with van der Waals surface area (Å²) in [6.07, 6.45) is 0. The number of carboxylic acid groups (broad SMARTS) is 1. The smallest absolute Gasteiger partial charge is 0.323 e. The Morgan fingerprint density at radius 2 is 2.00 bits per heavy atom. The number of hydrogen-bond acceptors (Lipinski definition) is 4. The highest BCUT2D eigenvalue weighted by Crippen LogP contribution is 2.10. The highest BCUT2D eigenvalue weighted by atomic mass is 16.4. The molecule has 1 aromatic rings. The van der Waals surface area contributed by atoms with Gasteiger partial charge in [-0.3, -0.25) is 19.4 Å². The molecule has 1 heterocycles. The van der Waals surface area contributed by atoms with Gasteiger partial charge >= 0.3 is 5.97 Å². The van der Waals surface area contributed by atoms with Crippen LogP contribution in [0.3, 0.4) is 0 Å². The van der Waals surface area contributed by atoms with Crippen LogP contribution in [0.25, 0.3) is 0 Å². The Morgan fingerprint density at radius 3 is 2.44 bits per heavy atom. The van der Waals surface area contributed by atoms with Crippen molar-refractivity contribution in [1.82, 2.24) is 9.88 Å². The largest absolute Gasteiger partial charge is 0.494 e. The molecule has 0 radical (unpaired) electrons. The quantitative estimate of drug-likeness (QED) is 0.701. The van der Waals surface area contributed by atoms with Crippen molar-refractivity contribution < 1.29 is 19.8 Å². The zero-order valence-electron chi connectivity index (χ0n) is 10.0. The van der Waals surface area contributed by atoms with Gasteiger partial charge in [0.15, 0.2) is 5.88 Å². The number of amides is 1. The van der Waals surface area contributed by atoms with Crippen molar-refractivity contribution in [1.29, 1.82) is 0 Å². The Bertz CT molecular complexity index is 520. The van der Waals surface area contributed by atoms with Gasteiger partial charge in [-0.25, -0.2) is 0 Å². The van der Waals surface area contributed by atoms with Gasteiger partial charge in [0.25, 0.3) is 11.5 Å². The van der Waals surface area contributed by atoms with Gasteiger partial charge in [0.2, 0.25) is 0 Å². The summed E-state index contributed by atoms with van der Waals surface area (Å²) in [6, 6.07) is 1.76. The highest BCUT2D eigenvalue weighted by Gasteiger charge is 2.22.